The Morgan fingerprint density at radius 3 is 2.14 bits per heavy atom. The summed E-state index contributed by atoms with van der Waals surface area (Å²) >= 11 is 0. The van der Waals surface area contributed by atoms with Crippen LogP contribution in [0.3, 0.4) is 0 Å². The molecule has 0 unspecified atom stereocenters. The third-order valence-electron chi connectivity index (χ3n) is 4.21. The van der Waals surface area contributed by atoms with Gasteiger partial charge in [0.1, 0.15) is 12.1 Å². The number of hydrogen-bond acceptors (Lipinski definition) is 3. The van der Waals surface area contributed by atoms with Crippen molar-refractivity contribution >= 4 is 11.7 Å². The number of amides is 1. The van der Waals surface area contributed by atoms with Crippen LogP contribution in [-0.4, -0.2) is 40.9 Å². The molecule has 0 radical (unpaired) electrons. The number of likely N-dealkylation sites (N-methyl/N-ethyl adjacent to an activating group) is 1. The van der Waals surface area contributed by atoms with Crippen LogP contribution in [-0.2, 0) is 4.79 Å². The molecule has 22 heavy (non-hydrogen) atoms. The zero-order valence-corrected chi connectivity index (χ0v) is 12.2. The molecule has 0 bridgehead atoms. The molecule has 112 valence electrons. The molecule has 4 heteroatoms. The minimum atomic E-state index is -1.19. The van der Waals surface area contributed by atoms with Crippen molar-refractivity contribution in [2.45, 2.75) is 18.1 Å². The number of aliphatic hydroxyl groups is 1. The van der Waals surface area contributed by atoms with E-state index in [1.165, 1.54) is 4.90 Å². The summed E-state index contributed by atoms with van der Waals surface area (Å²) in [5.41, 5.74) is 1.34. The summed E-state index contributed by atoms with van der Waals surface area (Å²) in [6.07, 6.45) is -1.19. The molecule has 0 spiro atoms. The number of carbonyl (C=O) groups is 2. The molecule has 2 aromatic rings. The lowest BCUT2D eigenvalue weighted by atomic mass is 9.86. The van der Waals surface area contributed by atoms with Crippen LogP contribution >= 0.6 is 0 Å². The largest absolute Gasteiger partial charge is 0.383 e. The number of nitrogens with zero attached hydrogens (tertiary/aromatic N) is 1. The van der Waals surface area contributed by atoms with Gasteiger partial charge in [-0.1, -0.05) is 60.7 Å². The molecule has 1 aliphatic heterocycles. The third kappa shape index (κ3) is 2.31. The molecule has 2 aromatic carbocycles. The Bertz CT molecular complexity index is 684. The molecular formula is C18H17NO3. The van der Waals surface area contributed by atoms with Gasteiger partial charge in [-0.2, -0.15) is 0 Å². The van der Waals surface area contributed by atoms with Crippen LogP contribution in [0.25, 0.3) is 0 Å². The number of ketones is 1. The molecule has 0 aliphatic carbocycles. The highest BCUT2D eigenvalue weighted by molar-refractivity contribution is 6.05. The second-order valence-corrected chi connectivity index (χ2v) is 5.51. The maximum Gasteiger partial charge on any atom is 0.252 e. The molecule has 0 aromatic heterocycles. The van der Waals surface area contributed by atoms with Crippen molar-refractivity contribution in [1.82, 2.24) is 4.90 Å². The van der Waals surface area contributed by atoms with E-state index in [-0.39, 0.29) is 5.78 Å². The van der Waals surface area contributed by atoms with Gasteiger partial charge in [0.25, 0.3) is 5.91 Å². The van der Waals surface area contributed by atoms with Gasteiger partial charge >= 0.3 is 0 Å². The molecule has 1 N–H and O–H groups in total. The fraction of sp³-hybridized carbons (Fsp3) is 0.222. The van der Waals surface area contributed by atoms with Crippen LogP contribution in [0, 0.1) is 0 Å². The Kier molecular flexibility index (Phi) is 3.77. The van der Waals surface area contributed by atoms with Crippen LogP contribution in [0.5, 0.6) is 0 Å². The van der Waals surface area contributed by atoms with Gasteiger partial charge in [-0.15, -0.1) is 0 Å². The monoisotopic (exact) mass is 295 g/mol. The highest BCUT2D eigenvalue weighted by Crippen LogP contribution is 2.35. The van der Waals surface area contributed by atoms with Gasteiger partial charge < -0.3 is 10.0 Å². The van der Waals surface area contributed by atoms with Crippen molar-refractivity contribution in [3.8, 4) is 0 Å². The summed E-state index contributed by atoms with van der Waals surface area (Å²) in [6, 6.07) is 17.4. The summed E-state index contributed by atoms with van der Waals surface area (Å²) in [5, 5.41) is 10.3. The standard InChI is InChI=1S/C18H17NO3/c1-19-15(16(20)13-10-6-3-7-11-13)14(17(21)18(19)22)12-8-4-2-5-9-12/h2-11,14-15,17,21H,1H3/t14-,15-,17+/m0/s1. The number of Topliss-reactive ketones (excluding diaryl/α,β-unsaturated/α-hetero) is 1. The van der Waals surface area contributed by atoms with Crippen molar-refractivity contribution in [2.24, 2.45) is 0 Å². The average Bonchev–Trinajstić information content (AvgIpc) is 2.80. The minimum absolute atomic E-state index is 0.151. The van der Waals surface area contributed by atoms with Gasteiger partial charge in [0.05, 0.1) is 0 Å². The highest BCUT2D eigenvalue weighted by Gasteiger charge is 2.49. The molecule has 4 nitrogen and oxygen atoms in total. The van der Waals surface area contributed by atoms with E-state index in [9.17, 15) is 14.7 Å². The number of hydrogen-bond donors (Lipinski definition) is 1. The number of likely N-dealkylation sites (tertiary alicyclic amines) is 1. The molecule has 3 rings (SSSR count). The van der Waals surface area contributed by atoms with Crippen LogP contribution < -0.4 is 0 Å². The summed E-state index contributed by atoms with van der Waals surface area (Å²) in [5.74, 6) is -1.11. The van der Waals surface area contributed by atoms with Crippen LogP contribution in [0.15, 0.2) is 60.7 Å². The predicted molar refractivity (Wildman–Crippen MR) is 82.5 cm³/mol. The summed E-state index contributed by atoms with van der Waals surface area (Å²) < 4.78 is 0. The van der Waals surface area contributed by atoms with Gasteiger partial charge in [0.15, 0.2) is 5.78 Å². The Hall–Kier alpha value is -2.46. The molecule has 1 heterocycles. The van der Waals surface area contributed by atoms with Gasteiger partial charge in [-0.3, -0.25) is 9.59 Å². The second-order valence-electron chi connectivity index (χ2n) is 5.51. The quantitative estimate of drug-likeness (QED) is 0.879. The number of rotatable bonds is 3. The third-order valence-corrected chi connectivity index (χ3v) is 4.21. The minimum Gasteiger partial charge on any atom is -0.383 e. The lowest BCUT2D eigenvalue weighted by molar-refractivity contribution is -0.134. The Morgan fingerprint density at radius 1 is 1.00 bits per heavy atom. The van der Waals surface area contributed by atoms with E-state index in [0.717, 1.165) is 5.56 Å². The van der Waals surface area contributed by atoms with Crippen molar-refractivity contribution in [3.05, 3.63) is 71.8 Å². The van der Waals surface area contributed by atoms with Crippen molar-refractivity contribution in [3.63, 3.8) is 0 Å². The van der Waals surface area contributed by atoms with Gasteiger partial charge in [0, 0.05) is 18.5 Å². The zero-order chi connectivity index (χ0) is 15.7. The maximum atomic E-state index is 12.8. The summed E-state index contributed by atoms with van der Waals surface area (Å²) in [7, 11) is 1.57. The lowest BCUT2D eigenvalue weighted by Gasteiger charge is -2.24. The first-order chi connectivity index (χ1) is 10.6. The van der Waals surface area contributed by atoms with Gasteiger partial charge in [-0.25, -0.2) is 0 Å². The van der Waals surface area contributed by atoms with E-state index < -0.39 is 24.0 Å². The number of aliphatic hydroxyl groups excluding tert-OH is 1. The first-order valence-electron chi connectivity index (χ1n) is 7.20. The fourth-order valence-corrected chi connectivity index (χ4v) is 3.06. The van der Waals surface area contributed by atoms with Gasteiger partial charge in [0.2, 0.25) is 0 Å². The zero-order valence-electron chi connectivity index (χ0n) is 12.2. The smallest absolute Gasteiger partial charge is 0.252 e. The Balaban J connectivity index is 2.03. The van der Waals surface area contributed by atoms with Crippen LogP contribution in [0.1, 0.15) is 21.8 Å². The topological polar surface area (TPSA) is 57.6 Å². The van der Waals surface area contributed by atoms with E-state index in [0.29, 0.717) is 5.56 Å². The highest BCUT2D eigenvalue weighted by atomic mass is 16.3. The SMILES string of the molecule is CN1C(=O)[C@H](O)[C@@H](c2ccccc2)[C@H]1C(=O)c1ccccc1. The summed E-state index contributed by atoms with van der Waals surface area (Å²) in [4.78, 5) is 26.3. The lowest BCUT2D eigenvalue weighted by Crippen LogP contribution is -2.38. The van der Waals surface area contributed by atoms with Crippen molar-refractivity contribution in [2.75, 3.05) is 7.05 Å². The van der Waals surface area contributed by atoms with Crippen molar-refractivity contribution < 1.29 is 14.7 Å². The Morgan fingerprint density at radius 2 is 1.55 bits per heavy atom. The predicted octanol–water partition coefficient (Wildman–Crippen LogP) is 1.85. The first-order valence-corrected chi connectivity index (χ1v) is 7.20. The molecule has 1 fully saturated rings. The van der Waals surface area contributed by atoms with Crippen LogP contribution in [0.2, 0.25) is 0 Å². The normalized spacial score (nSPS) is 24.5. The van der Waals surface area contributed by atoms with E-state index in [2.05, 4.69) is 0 Å². The van der Waals surface area contributed by atoms with E-state index in [1.54, 1.807) is 31.3 Å². The first kappa shape index (κ1) is 14.5. The Labute approximate surface area is 129 Å². The molecular weight excluding hydrogens is 278 g/mol. The number of benzene rings is 2. The fourth-order valence-electron chi connectivity index (χ4n) is 3.06. The molecule has 1 saturated heterocycles. The second kappa shape index (κ2) is 5.73. The van der Waals surface area contributed by atoms with E-state index in [1.807, 2.05) is 36.4 Å². The van der Waals surface area contributed by atoms with Crippen molar-refractivity contribution in [1.29, 1.82) is 0 Å². The maximum absolute atomic E-state index is 12.8. The summed E-state index contributed by atoms with van der Waals surface area (Å²) in [6.45, 7) is 0. The van der Waals surface area contributed by atoms with E-state index in [4.69, 9.17) is 0 Å². The molecule has 1 amide bonds. The molecule has 0 saturated carbocycles. The molecule has 1 aliphatic rings. The number of carbonyl (C=O) groups excluding carboxylic acids is 2. The van der Waals surface area contributed by atoms with Crippen LogP contribution in [0.4, 0.5) is 0 Å². The van der Waals surface area contributed by atoms with Gasteiger partial charge in [-0.05, 0) is 5.56 Å². The molecule has 3 atom stereocenters. The van der Waals surface area contributed by atoms with E-state index >= 15 is 0 Å². The average molecular weight is 295 g/mol.